The molecule has 180 valence electrons. The number of nitrogens with one attached hydrogen (secondary N) is 1. The number of carbonyl (C=O) groups excluding carboxylic acids is 1. The Bertz CT molecular complexity index is 937. The molecule has 0 saturated carbocycles. The summed E-state index contributed by atoms with van der Waals surface area (Å²) in [5.74, 6) is 0.924. The van der Waals surface area contributed by atoms with Gasteiger partial charge in [-0.3, -0.25) is 10.1 Å². The van der Waals surface area contributed by atoms with Gasteiger partial charge in [-0.1, -0.05) is 53.7 Å². The lowest BCUT2D eigenvalue weighted by atomic mass is 9.79. The minimum atomic E-state index is -0.558. The largest absolute Gasteiger partial charge is 0.507 e. The highest BCUT2D eigenvalue weighted by Gasteiger charge is 2.27. The van der Waals surface area contributed by atoms with E-state index in [2.05, 4.69) is 5.32 Å². The van der Waals surface area contributed by atoms with Crippen LogP contribution in [0.1, 0.15) is 58.2 Å². The lowest BCUT2D eigenvalue weighted by molar-refractivity contribution is -0.384. The van der Waals surface area contributed by atoms with E-state index in [0.717, 1.165) is 16.7 Å². The lowest BCUT2D eigenvalue weighted by Crippen LogP contribution is -2.29. The number of hydrogen-bond acceptors (Lipinski definition) is 6. The van der Waals surface area contributed by atoms with Crippen LogP contribution < -0.4 is 10.1 Å². The van der Waals surface area contributed by atoms with E-state index >= 15 is 0 Å². The fraction of sp³-hybridized carbons (Fsp3) is 0.480. The molecule has 0 heterocycles. The quantitative estimate of drug-likeness (QED) is 0.318. The van der Waals surface area contributed by atoms with Crippen LogP contribution in [0.25, 0.3) is 0 Å². The number of nitro groups is 1. The van der Waals surface area contributed by atoms with Crippen molar-refractivity contribution in [2.45, 2.75) is 58.8 Å². The third-order valence-corrected chi connectivity index (χ3v) is 5.11. The van der Waals surface area contributed by atoms with E-state index in [9.17, 15) is 20.0 Å². The maximum Gasteiger partial charge on any atom is 0.407 e. The zero-order valence-electron chi connectivity index (χ0n) is 20.2. The Morgan fingerprint density at radius 3 is 2.03 bits per heavy atom. The number of nitro benzene ring substituents is 1. The molecule has 0 aliphatic heterocycles. The molecule has 2 N–H and O–H groups in total. The summed E-state index contributed by atoms with van der Waals surface area (Å²) in [6.07, 6.45) is -0.0994. The van der Waals surface area contributed by atoms with Crippen LogP contribution in [0.4, 0.5) is 10.5 Å². The maximum absolute atomic E-state index is 11.9. The smallest absolute Gasteiger partial charge is 0.407 e. The first-order valence-electron chi connectivity index (χ1n) is 10.9. The number of nitrogens with zero attached hydrogens (tertiary/aromatic N) is 1. The van der Waals surface area contributed by atoms with Gasteiger partial charge in [0.2, 0.25) is 0 Å². The van der Waals surface area contributed by atoms with E-state index < -0.39 is 11.0 Å². The molecule has 0 radical (unpaired) electrons. The Morgan fingerprint density at radius 2 is 1.55 bits per heavy atom. The zero-order valence-corrected chi connectivity index (χ0v) is 20.2. The van der Waals surface area contributed by atoms with E-state index in [4.69, 9.17) is 9.47 Å². The molecule has 0 atom stereocenters. The molecule has 2 aromatic carbocycles. The summed E-state index contributed by atoms with van der Waals surface area (Å²) in [5.41, 5.74) is 1.97. The van der Waals surface area contributed by atoms with Crippen LogP contribution >= 0.6 is 0 Å². The first-order chi connectivity index (χ1) is 15.3. The minimum Gasteiger partial charge on any atom is -0.507 e. The molecule has 1 amide bonds. The Morgan fingerprint density at radius 1 is 1.00 bits per heavy atom. The molecule has 0 bridgehead atoms. The average Bonchev–Trinajstić information content (AvgIpc) is 2.70. The molecular formula is C25H34N2O6. The SMILES string of the molecule is CC(C)(C)c1cc(OCCNC(=O)OCCc2ccc([N+](=O)[O-])cc2)cc(C(C)(C)C)c1O. The van der Waals surface area contributed by atoms with Gasteiger partial charge in [0.15, 0.2) is 0 Å². The number of aromatic hydroxyl groups is 1. The number of amides is 1. The molecule has 0 aromatic heterocycles. The van der Waals surface area contributed by atoms with Gasteiger partial charge < -0.3 is 19.9 Å². The van der Waals surface area contributed by atoms with E-state index in [1.807, 2.05) is 53.7 Å². The van der Waals surface area contributed by atoms with Gasteiger partial charge in [0.05, 0.1) is 18.1 Å². The van der Waals surface area contributed by atoms with Crippen molar-refractivity contribution in [3.63, 3.8) is 0 Å². The van der Waals surface area contributed by atoms with Crippen LogP contribution in [0.15, 0.2) is 36.4 Å². The third kappa shape index (κ3) is 7.66. The molecule has 8 nitrogen and oxygen atoms in total. The van der Waals surface area contributed by atoms with Crippen LogP contribution in [-0.2, 0) is 22.0 Å². The number of rotatable bonds is 8. The molecule has 0 fully saturated rings. The third-order valence-electron chi connectivity index (χ3n) is 5.11. The fourth-order valence-electron chi connectivity index (χ4n) is 3.25. The minimum absolute atomic E-state index is 0.0234. The maximum atomic E-state index is 11.9. The van der Waals surface area contributed by atoms with E-state index in [1.54, 1.807) is 12.1 Å². The van der Waals surface area contributed by atoms with Crippen LogP contribution in [0, 0.1) is 10.1 Å². The zero-order chi connectivity index (χ0) is 24.8. The standard InChI is InChI=1S/C25H34N2O6/c1-24(2,3)20-15-19(16-21(22(20)28)25(4,5)6)32-14-12-26-23(29)33-13-11-17-7-9-18(10-8-17)27(30)31/h7-10,15-16,28H,11-14H2,1-6H3,(H,26,29). The van der Waals surface area contributed by atoms with Crippen LogP contribution in [-0.4, -0.2) is 35.9 Å². The average molecular weight is 459 g/mol. The highest BCUT2D eigenvalue weighted by atomic mass is 16.6. The number of alkyl carbamates (subject to hydrolysis) is 1. The summed E-state index contributed by atoms with van der Waals surface area (Å²) in [6.45, 7) is 12.9. The van der Waals surface area contributed by atoms with Gasteiger partial charge in [0.25, 0.3) is 5.69 Å². The summed E-state index contributed by atoms with van der Waals surface area (Å²) in [6, 6.07) is 9.81. The second-order valence-electron chi connectivity index (χ2n) is 9.95. The van der Waals surface area contributed by atoms with Crippen LogP contribution in [0.3, 0.4) is 0 Å². The highest BCUT2D eigenvalue weighted by Crippen LogP contribution is 2.41. The summed E-state index contributed by atoms with van der Waals surface area (Å²) < 4.78 is 11.0. The number of non-ortho nitro benzene ring substituents is 1. The van der Waals surface area contributed by atoms with Crippen molar-refractivity contribution in [2.75, 3.05) is 19.8 Å². The Hall–Kier alpha value is -3.29. The molecule has 2 rings (SSSR count). The van der Waals surface area contributed by atoms with Crippen molar-refractivity contribution in [3.05, 3.63) is 63.2 Å². The van der Waals surface area contributed by atoms with E-state index in [1.165, 1.54) is 12.1 Å². The molecule has 0 unspecified atom stereocenters. The molecule has 0 aliphatic carbocycles. The van der Waals surface area contributed by atoms with Gasteiger partial charge in [0.1, 0.15) is 18.1 Å². The molecule has 0 saturated heterocycles. The van der Waals surface area contributed by atoms with Gasteiger partial charge in [0, 0.05) is 29.7 Å². The first kappa shape index (κ1) is 26.0. The van der Waals surface area contributed by atoms with Crippen molar-refractivity contribution in [3.8, 4) is 11.5 Å². The molecule has 33 heavy (non-hydrogen) atoms. The van der Waals surface area contributed by atoms with Crippen molar-refractivity contribution < 1.29 is 24.3 Å². The van der Waals surface area contributed by atoms with Crippen molar-refractivity contribution in [2.24, 2.45) is 0 Å². The summed E-state index contributed by atoms with van der Waals surface area (Å²) in [7, 11) is 0. The van der Waals surface area contributed by atoms with Crippen LogP contribution in [0.5, 0.6) is 11.5 Å². The number of hydrogen-bond donors (Lipinski definition) is 2. The van der Waals surface area contributed by atoms with Crippen LogP contribution in [0.2, 0.25) is 0 Å². The first-order valence-corrected chi connectivity index (χ1v) is 10.9. The Balaban J connectivity index is 1.84. The van der Waals surface area contributed by atoms with Gasteiger partial charge in [-0.25, -0.2) is 4.79 Å². The normalized spacial score (nSPS) is 11.7. The number of benzene rings is 2. The Labute approximate surface area is 195 Å². The number of carbonyl (C=O) groups is 1. The summed E-state index contributed by atoms with van der Waals surface area (Å²) >= 11 is 0. The van der Waals surface area contributed by atoms with E-state index in [0.29, 0.717) is 12.2 Å². The fourth-order valence-corrected chi connectivity index (χ4v) is 3.25. The second-order valence-corrected chi connectivity index (χ2v) is 9.95. The highest BCUT2D eigenvalue weighted by molar-refractivity contribution is 5.67. The summed E-state index contributed by atoms with van der Waals surface area (Å²) in [5, 5.41) is 24.1. The number of ether oxygens (including phenoxy) is 2. The van der Waals surface area contributed by atoms with Crippen molar-refractivity contribution in [1.29, 1.82) is 0 Å². The molecule has 0 spiro atoms. The number of phenols is 1. The molecule has 0 aliphatic rings. The molecular weight excluding hydrogens is 424 g/mol. The van der Waals surface area contributed by atoms with E-state index in [-0.39, 0.29) is 42.0 Å². The topological polar surface area (TPSA) is 111 Å². The monoisotopic (exact) mass is 458 g/mol. The molecule has 2 aromatic rings. The van der Waals surface area contributed by atoms with Gasteiger partial charge in [-0.05, 0) is 28.5 Å². The predicted octanol–water partition coefficient (Wildman–Crippen LogP) is 5.24. The van der Waals surface area contributed by atoms with Gasteiger partial charge in [-0.15, -0.1) is 0 Å². The Kier molecular flexibility index (Phi) is 8.30. The predicted molar refractivity (Wildman–Crippen MR) is 127 cm³/mol. The molecule has 8 heteroatoms. The lowest BCUT2D eigenvalue weighted by Gasteiger charge is -2.28. The van der Waals surface area contributed by atoms with Gasteiger partial charge >= 0.3 is 6.09 Å². The summed E-state index contributed by atoms with van der Waals surface area (Å²) in [4.78, 5) is 22.1. The van der Waals surface area contributed by atoms with Gasteiger partial charge in [-0.2, -0.15) is 0 Å². The van der Waals surface area contributed by atoms with Crippen molar-refractivity contribution >= 4 is 11.8 Å². The van der Waals surface area contributed by atoms with Crippen molar-refractivity contribution in [1.82, 2.24) is 5.32 Å². The second kappa shape index (κ2) is 10.6. The number of phenolic OH excluding ortho intramolecular Hbond substituents is 1.